The number of ether oxygens (including phenoxy) is 3. The number of rotatable bonds is 6. The maximum absolute atomic E-state index is 6.03. The van der Waals surface area contributed by atoms with Gasteiger partial charge in [-0.1, -0.05) is 5.92 Å². The largest absolute Gasteiger partial charge is 0.467 e. The van der Waals surface area contributed by atoms with Crippen molar-refractivity contribution < 1.29 is 14.2 Å². The number of hydrogen-bond acceptors (Lipinski definition) is 3. The number of methoxy groups -OCH3 is 1. The molecule has 0 spiro atoms. The smallest absolute Gasteiger partial charge is 0.191 e. The molecule has 1 unspecified atom stereocenters. The van der Waals surface area contributed by atoms with Gasteiger partial charge >= 0.3 is 0 Å². The molecule has 4 fully saturated rings. The molecule has 0 aliphatic heterocycles. The number of hydrogen-bond donors (Lipinski definition) is 0. The highest BCUT2D eigenvalue weighted by Crippen LogP contribution is 2.61. The summed E-state index contributed by atoms with van der Waals surface area (Å²) in [6.07, 6.45) is 13.6. The van der Waals surface area contributed by atoms with E-state index in [9.17, 15) is 0 Å². The Hall–Kier alpha value is -1.50. The van der Waals surface area contributed by atoms with Gasteiger partial charge in [0.2, 0.25) is 0 Å². The zero-order valence-corrected chi connectivity index (χ0v) is 15.3. The molecule has 0 heterocycles. The Morgan fingerprint density at radius 1 is 1.16 bits per heavy atom. The van der Waals surface area contributed by atoms with Crippen LogP contribution in [0, 0.1) is 30.1 Å². The van der Waals surface area contributed by atoms with Gasteiger partial charge in [-0.2, -0.15) is 0 Å². The maximum Gasteiger partial charge on any atom is 0.191 e. The number of terminal acetylenes is 1. The Morgan fingerprint density at radius 2 is 1.80 bits per heavy atom. The van der Waals surface area contributed by atoms with Gasteiger partial charge in [0.1, 0.15) is 5.75 Å². The molecule has 4 bridgehead atoms. The van der Waals surface area contributed by atoms with Crippen LogP contribution in [0.1, 0.15) is 56.6 Å². The molecule has 1 aromatic carbocycles. The molecule has 134 valence electrons. The fourth-order valence-corrected chi connectivity index (χ4v) is 5.86. The monoisotopic (exact) mass is 340 g/mol. The third-order valence-electron chi connectivity index (χ3n) is 6.60. The van der Waals surface area contributed by atoms with Crippen molar-refractivity contribution in [1.29, 1.82) is 0 Å². The van der Waals surface area contributed by atoms with Crippen LogP contribution < -0.4 is 4.74 Å². The summed E-state index contributed by atoms with van der Waals surface area (Å²) in [4.78, 5) is 0. The van der Waals surface area contributed by atoms with Gasteiger partial charge in [0.25, 0.3) is 0 Å². The lowest BCUT2D eigenvalue weighted by molar-refractivity contribution is -0.150. The van der Waals surface area contributed by atoms with Crippen LogP contribution in [0.4, 0.5) is 0 Å². The van der Waals surface area contributed by atoms with Crippen LogP contribution in [-0.4, -0.2) is 20.2 Å². The van der Waals surface area contributed by atoms with Crippen molar-refractivity contribution in [3.8, 4) is 18.1 Å². The lowest BCUT2D eigenvalue weighted by atomic mass is 9.48. The molecule has 0 saturated heterocycles. The van der Waals surface area contributed by atoms with Crippen LogP contribution in [0.2, 0.25) is 0 Å². The lowest BCUT2D eigenvalue weighted by Crippen LogP contribution is -2.48. The molecule has 1 aromatic rings. The maximum atomic E-state index is 6.03. The minimum Gasteiger partial charge on any atom is -0.467 e. The van der Waals surface area contributed by atoms with E-state index < -0.39 is 0 Å². The predicted molar refractivity (Wildman–Crippen MR) is 97.3 cm³/mol. The zero-order chi connectivity index (χ0) is 17.4. The van der Waals surface area contributed by atoms with Gasteiger partial charge in [-0.25, -0.2) is 0 Å². The molecule has 4 aliphatic carbocycles. The Kier molecular flexibility index (Phi) is 4.52. The third-order valence-corrected chi connectivity index (χ3v) is 6.60. The molecule has 0 radical (unpaired) electrons. The van der Waals surface area contributed by atoms with Crippen molar-refractivity contribution in [1.82, 2.24) is 0 Å². The molecule has 5 rings (SSSR count). The zero-order valence-electron chi connectivity index (χ0n) is 15.3. The van der Waals surface area contributed by atoms with E-state index in [1.165, 1.54) is 44.1 Å². The standard InChI is InChI=1S/C22H28O3/c1-4-16-5-6-21(25-14-24-15(2)23-3)20(10-16)22-11-17-7-18(12-22)9-19(8-17)13-22/h1,5-6,10,15,17-19H,7-9,11-14H2,2-3H3. The topological polar surface area (TPSA) is 27.7 Å². The number of benzene rings is 1. The summed E-state index contributed by atoms with van der Waals surface area (Å²) in [5.41, 5.74) is 2.52. The lowest BCUT2D eigenvalue weighted by Gasteiger charge is -2.57. The molecule has 4 saturated carbocycles. The first-order chi connectivity index (χ1) is 12.1. The Labute approximate surface area is 151 Å². The summed E-state index contributed by atoms with van der Waals surface area (Å²) in [7, 11) is 1.63. The quantitative estimate of drug-likeness (QED) is 0.564. The van der Waals surface area contributed by atoms with Crippen LogP contribution in [0.3, 0.4) is 0 Å². The summed E-state index contributed by atoms with van der Waals surface area (Å²) < 4.78 is 16.7. The third kappa shape index (κ3) is 3.18. The van der Waals surface area contributed by atoms with Gasteiger partial charge in [0.05, 0.1) is 0 Å². The van der Waals surface area contributed by atoms with Gasteiger partial charge in [0.15, 0.2) is 13.1 Å². The summed E-state index contributed by atoms with van der Waals surface area (Å²) in [5, 5.41) is 0. The van der Waals surface area contributed by atoms with E-state index in [0.29, 0.717) is 0 Å². The predicted octanol–water partition coefficient (Wildman–Crippen LogP) is 4.48. The molecule has 0 aromatic heterocycles. The first-order valence-electron chi connectivity index (χ1n) is 9.50. The highest BCUT2D eigenvalue weighted by atomic mass is 16.7. The van der Waals surface area contributed by atoms with E-state index in [4.69, 9.17) is 20.6 Å². The van der Waals surface area contributed by atoms with Gasteiger partial charge in [0, 0.05) is 18.2 Å². The highest BCUT2D eigenvalue weighted by molar-refractivity contribution is 5.48. The fraction of sp³-hybridized carbons (Fsp3) is 0.636. The van der Waals surface area contributed by atoms with Crippen LogP contribution in [0.25, 0.3) is 0 Å². The minimum atomic E-state index is -0.270. The normalized spacial score (nSPS) is 33.9. The molecule has 4 aliphatic rings. The van der Waals surface area contributed by atoms with E-state index in [-0.39, 0.29) is 18.5 Å². The van der Waals surface area contributed by atoms with Crippen LogP contribution in [0.15, 0.2) is 18.2 Å². The van der Waals surface area contributed by atoms with E-state index in [2.05, 4.69) is 12.0 Å². The van der Waals surface area contributed by atoms with Gasteiger partial charge in [-0.3, -0.25) is 0 Å². The van der Waals surface area contributed by atoms with Gasteiger partial charge in [-0.05, 0) is 86.8 Å². The first kappa shape index (κ1) is 16.9. The molecule has 1 atom stereocenters. The van der Waals surface area contributed by atoms with E-state index >= 15 is 0 Å². The molecule has 0 N–H and O–H groups in total. The second-order valence-electron chi connectivity index (χ2n) is 8.29. The highest BCUT2D eigenvalue weighted by Gasteiger charge is 2.52. The van der Waals surface area contributed by atoms with Crippen molar-refractivity contribution in [3.63, 3.8) is 0 Å². The molecule has 25 heavy (non-hydrogen) atoms. The second kappa shape index (κ2) is 6.67. The van der Waals surface area contributed by atoms with E-state index in [1.54, 1.807) is 7.11 Å². The van der Waals surface area contributed by atoms with Crippen LogP contribution in [-0.2, 0) is 14.9 Å². The summed E-state index contributed by atoms with van der Waals surface area (Å²) >= 11 is 0. The summed E-state index contributed by atoms with van der Waals surface area (Å²) in [6, 6.07) is 6.20. The van der Waals surface area contributed by atoms with Gasteiger partial charge < -0.3 is 14.2 Å². The first-order valence-corrected chi connectivity index (χ1v) is 9.50. The molecular weight excluding hydrogens is 312 g/mol. The van der Waals surface area contributed by atoms with E-state index in [1.807, 2.05) is 19.1 Å². The second-order valence-corrected chi connectivity index (χ2v) is 8.29. The van der Waals surface area contributed by atoms with Crippen molar-refractivity contribution in [2.24, 2.45) is 17.8 Å². The summed E-state index contributed by atoms with van der Waals surface area (Å²) in [6.45, 7) is 2.06. The molecule has 0 amide bonds. The summed E-state index contributed by atoms with van der Waals surface area (Å²) in [5.74, 6) is 6.40. The fourth-order valence-electron chi connectivity index (χ4n) is 5.86. The van der Waals surface area contributed by atoms with Gasteiger partial charge in [-0.15, -0.1) is 6.42 Å². The average Bonchev–Trinajstić information content (AvgIpc) is 2.60. The van der Waals surface area contributed by atoms with Crippen molar-refractivity contribution in [2.45, 2.75) is 57.2 Å². The van der Waals surface area contributed by atoms with Crippen molar-refractivity contribution in [3.05, 3.63) is 29.3 Å². The Bertz CT molecular complexity index is 637. The SMILES string of the molecule is C#Cc1ccc(OCOC(C)OC)c(C23CC4CC(CC(C4)C2)C3)c1. The average molecular weight is 340 g/mol. The Morgan fingerprint density at radius 3 is 2.36 bits per heavy atom. The molecule has 3 nitrogen and oxygen atoms in total. The molecular formula is C22H28O3. The Balaban J connectivity index is 1.62. The minimum absolute atomic E-state index is 0.198. The van der Waals surface area contributed by atoms with E-state index in [0.717, 1.165) is 29.1 Å². The van der Waals surface area contributed by atoms with Crippen LogP contribution >= 0.6 is 0 Å². The van der Waals surface area contributed by atoms with Crippen LogP contribution in [0.5, 0.6) is 5.75 Å². The van der Waals surface area contributed by atoms with Crippen molar-refractivity contribution >= 4 is 0 Å². The van der Waals surface area contributed by atoms with Crippen molar-refractivity contribution in [2.75, 3.05) is 13.9 Å². The molecule has 3 heteroatoms.